The number of nitrogens with one attached hydrogen (secondary N) is 1. The number of likely N-dealkylation sites (N-methyl/N-ethyl adjacent to an activating group) is 1. The van der Waals surface area contributed by atoms with Gasteiger partial charge in [0.2, 0.25) is 0 Å². The number of nitrogens with zero attached hydrogens (tertiary/aromatic N) is 1. The SMILES string of the molecule is COCCN(C)CCNC(C)CCCO. The lowest BCUT2D eigenvalue weighted by Gasteiger charge is -2.18. The molecule has 0 amide bonds. The fraction of sp³-hybridized carbons (Fsp3) is 1.00. The predicted octanol–water partition coefficient (Wildman–Crippen LogP) is 0.315. The second kappa shape index (κ2) is 10.4. The molecule has 0 aromatic heterocycles. The van der Waals surface area contributed by atoms with Gasteiger partial charge in [0.15, 0.2) is 0 Å². The highest BCUT2D eigenvalue weighted by Gasteiger charge is 2.01. The number of rotatable bonds is 10. The molecule has 2 N–H and O–H groups in total. The number of aliphatic hydroxyl groups is 1. The molecule has 15 heavy (non-hydrogen) atoms. The summed E-state index contributed by atoms with van der Waals surface area (Å²) in [5.74, 6) is 0. The standard InChI is InChI=1S/C11H26N2O2/c1-11(5-4-9-14)12-6-7-13(2)8-10-15-3/h11-12,14H,4-10H2,1-3H3. The maximum Gasteiger partial charge on any atom is 0.0589 e. The van der Waals surface area contributed by atoms with Crippen molar-refractivity contribution in [3.05, 3.63) is 0 Å². The van der Waals surface area contributed by atoms with E-state index < -0.39 is 0 Å². The molecular weight excluding hydrogens is 192 g/mol. The molecule has 0 aliphatic heterocycles. The Morgan fingerprint density at radius 1 is 1.40 bits per heavy atom. The molecule has 0 saturated heterocycles. The van der Waals surface area contributed by atoms with Gasteiger partial charge in [0.05, 0.1) is 6.61 Å². The van der Waals surface area contributed by atoms with Gasteiger partial charge in [-0.25, -0.2) is 0 Å². The Hall–Kier alpha value is -0.160. The first-order valence-corrected chi connectivity index (χ1v) is 5.72. The molecule has 92 valence electrons. The van der Waals surface area contributed by atoms with Crippen LogP contribution in [0.4, 0.5) is 0 Å². The van der Waals surface area contributed by atoms with Gasteiger partial charge < -0.3 is 20.1 Å². The number of ether oxygens (including phenoxy) is 1. The van der Waals surface area contributed by atoms with Crippen molar-refractivity contribution in [1.82, 2.24) is 10.2 Å². The smallest absolute Gasteiger partial charge is 0.0589 e. The Balaban J connectivity index is 3.27. The van der Waals surface area contributed by atoms with Crippen molar-refractivity contribution in [3.63, 3.8) is 0 Å². The summed E-state index contributed by atoms with van der Waals surface area (Å²) in [6.45, 7) is 6.24. The van der Waals surface area contributed by atoms with E-state index in [1.165, 1.54) is 0 Å². The maximum absolute atomic E-state index is 8.68. The Morgan fingerprint density at radius 3 is 2.73 bits per heavy atom. The van der Waals surface area contributed by atoms with E-state index in [2.05, 4.69) is 24.2 Å². The molecule has 0 spiro atoms. The molecule has 4 heteroatoms. The second-order valence-corrected chi connectivity index (χ2v) is 4.02. The van der Waals surface area contributed by atoms with Gasteiger partial charge in [0, 0.05) is 39.4 Å². The zero-order valence-corrected chi connectivity index (χ0v) is 10.3. The third kappa shape index (κ3) is 10.1. The Bertz CT molecular complexity index is 120. The first kappa shape index (κ1) is 14.8. The molecule has 0 radical (unpaired) electrons. The quantitative estimate of drug-likeness (QED) is 0.554. The number of methoxy groups -OCH3 is 1. The summed E-state index contributed by atoms with van der Waals surface area (Å²) in [7, 11) is 3.82. The van der Waals surface area contributed by atoms with Crippen LogP contribution in [0, 0.1) is 0 Å². The van der Waals surface area contributed by atoms with Gasteiger partial charge >= 0.3 is 0 Å². The van der Waals surface area contributed by atoms with E-state index in [-0.39, 0.29) is 0 Å². The largest absolute Gasteiger partial charge is 0.396 e. The fourth-order valence-corrected chi connectivity index (χ4v) is 1.36. The zero-order valence-electron chi connectivity index (χ0n) is 10.3. The minimum Gasteiger partial charge on any atom is -0.396 e. The van der Waals surface area contributed by atoms with Gasteiger partial charge in [-0.05, 0) is 26.8 Å². The summed E-state index contributed by atoms with van der Waals surface area (Å²) in [4.78, 5) is 2.25. The summed E-state index contributed by atoms with van der Waals surface area (Å²) in [5.41, 5.74) is 0. The molecule has 0 rings (SSSR count). The third-order valence-electron chi connectivity index (χ3n) is 2.46. The highest BCUT2D eigenvalue weighted by molar-refractivity contribution is 4.62. The molecule has 1 unspecified atom stereocenters. The van der Waals surface area contributed by atoms with Crippen molar-refractivity contribution in [2.75, 3.05) is 47.0 Å². The molecule has 0 heterocycles. The lowest BCUT2D eigenvalue weighted by atomic mass is 10.2. The lowest BCUT2D eigenvalue weighted by Crippen LogP contribution is -2.35. The number of aliphatic hydroxyl groups excluding tert-OH is 1. The molecule has 0 aliphatic carbocycles. The first-order chi connectivity index (χ1) is 7.20. The minimum absolute atomic E-state index is 0.291. The molecule has 0 saturated carbocycles. The number of hydrogen-bond donors (Lipinski definition) is 2. The van der Waals surface area contributed by atoms with Crippen LogP contribution in [0.5, 0.6) is 0 Å². The van der Waals surface area contributed by atoms with Gasteiger partial charge in [0.1, 0.15) is 0 Å². The van der Waals surface area contributed by atoms with Crippen molar-refractivity contribution in [2.45, 2.75) is 25.8 Å². The molecule has 0 bridgehead atoms. The Kier molecular flexibility index (Phi) is 10.3. The monoisotopic (exact) mass is 218 g/mol. The van der Waals surface area contributed by atoms with Crippen molar-refractivity contribution in [2.24, 2.45) is 0 Å². The van der Waals surface area contributed by atoms with Crippen LogP contribution in [0.15, 0.2) is 0 Å². The fourth-order valence-electron chi connectivity index (χ4n) is 1.36. The van der Waals surface area contributed by atoms with Gasteiger partial charge in [0.25, 0.3) is 0 Å². The summed E-state index contributed by atoms with van der Waals surface area (Å²) in [6, 6.07) is 0.493. The average molecular weight is 218 g/mol. The predicted molar refractivity (Wildman–Crippen MR) is 63.2 cm³/mol. The van der Waals surface area contributed by atoms with E-state index in [1.807, 2.05) is 0 Å². The van der Waals surface area contributed by atoms with Crippen LogP contribution in [-0.2, 0) is 4.74 Å². The van der Waals surface area contributed by atoms with Gasteiger partial charge in [-0.2, -0.15) is 0 Å². The van der Waals surface area contributed by atoms with E-state index in [4.69, 9.17) is 9.84 Å². The van der Waals surface area contributed by atoms with Crippen LogP contribution in [0.3, 0.4) is 0 Å². The summed E-state index contributed by atoms with van der Waals surface area (Å²) >= 11 is 0. The highest BCUT2D eigenvalue weighted by Crippen LogP contribution is 1.94. The number of hydrogen-bond acceptors (Lipinski definition) is 4. The van der Waals surface area contributed by atoms with Crippen molar-refractivity contribution in [1.29, 1.82) is 0 Å². The summed E-state index contributed by atoms with van der Waals surface area (Å²) in [6.07, 6.45) is 1.92. The zero-order chi connectivity index (χ0) is 11.5. The van der Waals surface area contributed by atoms with E-state index in [9.17, 15) is 0 Å². The second-order valence-electron chi connectivity index (χ2n) is 4.02. The van der Waals surface area contributed by atoms with Crippen LogP contribution >= 0.6 is 0 Å². The molecule has 0 fully saturated rings. The normalized spacial score (nSPS) is 13.4. The lowest BCUT2D eigenvalue weighted by molar-refractivity contribution is 0.161. The van der Waals surface area contributed by atoms with Gasteiger partial charge in [-0.1, -0.05) is 0 Å². The van der Waals surface area contributed by atoms with Crippen LogP contribution in [0.2, 0.25) is 0 Å². The summed E-state index contributed by atoms with van der Waals surface area (Å²) < 4.78 is 5.00. The van der Waals surface area contributed by atoms with Crippen LogP contribution < -0.4 is 5.32 Å². The van der Waals surface area contributed by atoms with Crippen LogP contribution in [0.1, 0.15) is 19.8 Å². The van der Waals surface area contributed by atoms with Crippen molar-refractivity contribution >= 4 is 0 Å². The van der Waals surface area contributed by atoms with Crippen molar-refractivity contribution in [3.8, 4) is 0 Å². The van der Waals surface area contributed by atoms with Gasteiger partial charge in [-0.3, -0.25) is 0 Å². The molecule has 0 aromatic carbocycles. The van der Waals surface area contributed by atoms with Crippen LogP contribution in [0.25, 0.3) is 0 Å². The van der Waals surface area contributed by atoms with Crippen LogP contribution in [-0.4, -0.2) is 63.1 Å². The molecule has 0 aromatic rings. The molecule has 4 nitrogen and oxygen atoms in total. The van der Waals surface area contributed by atoms with E-state index in [1.54, 1.807) is 7.11 Å². The maximum atomic E-state index is 8.68. The van der Waals surface area contributed by atoms with E-state index >= 15 is 0 Å². The minimum atomic E-state index is 0.291. The third-order valence-corrected chi connectivity index (χ3v) is 2.46. The Morgan fingerprint density at radius 2 is 2.13 bits per heavy atom. The summed E-state index contributed by atoms with van der Waals surface area (Å²) in [5, 5.41) is 12.1. The van der Waals surface area contributed by atoms with E-state index in [0.29, 0.717) is 12.6 Å². The topological polar surface area (TPSA) is 44.7 Å². The average Bonchev–Trinajstić information content (AvgIpc) is 2.23. The van der Waals surface area contributed by atoms with E-state index in [0.717, 1.165) is 39.1 Å². The molecule has 1 atom stereocenters. The molecular formula is C11H26N2O2. The first-order valence-electron chi connectivity index (χ1n) is 5.72. The van der Waals surface area contributed by atoms with Crippen molar-refractivity contribution < 1.29 is 9.84 Å². The van der Waals surface area contributed by atoms with Gasteiger partial charge in [-0.15, -0.1) is 0 Å². The molecule has 0 aliphatic rings. The Labute approximate surface area is 93.6 Å². The highest BCUT2D eigenvalue weighted by atomic mass is 16.5.